The lowest BCUT2D eigenvalue weighted by atomic mass is 10.1. The molecule has 0 saturated carbocycles. The van der Waals surface area contributed by atoms with E-state index in [9.17, 15) is 14.4 Å². The minimum Gasteiger partial charge on any atom is -0.354 e. The van der Waals surface area contributed by atoms with Crippen LogP contribution in [-0.4, -0.2) is 35.7 Å². The van der Waals surface area contributed by atoms with Gasteiger partial charge in [-0.05, 0) is 18.9 Å². The maximum Gasteiger partial charge on any atom is 0.241 e. The number of hydrogen-bond donors (Lipinski definition) is 2. The number of benzene rings is 1. The lowest BCUT2D eigenvalue weighted by Crippen LogP contribution is -2.37. The molecule has 1 aromatic rings. The van der Waals surface area contributed by atoms with Crippen LogP contribution in [0.3, 0.4) is 0 Å². The molecule has 1 saturated heterocycles. The summed E-state index contributed by atoms with van der Waals surface area (Å²) in [6, 6.07) is 6.78. The van der Waals surface area contributed by atoms with Crippen molar-refractivity contribution in [2.45, 2.75) is 32.2 Å². The fourth-order valence-electron chi connectivity index (χ4n) is 2.36. The number of nitrogens with one attached hydrogen (secondary N) is 1. The highest BCUT2D eigenvalue weighted by atomic mass is 35.5. The Morgan fingerprint density at radius 1 is 1.22 bits per heavy atom. The first-order valence-electron chi connectivity index (χ1n) is 7.42. The summed E-state index contributed by atoms with van der Waals surface area (Å²) in [6.07, 6.45) is 1.12. The van der Waals surface area contributed by atoms with Crippen LogP contribution in [-0.2, 0) is 14.4 Å². The lowest BCUT2D eigenvalue weighted by molar-refractivity contribution is -0.138. The summed E-state index contributed by atoms with van der Waals surface area (Å²) < 4.78 is 0. The molecular formula is C16H22ClN3O3. The van der Waals surface area contributed by atoms with E-state index >= 15 is 0 Å². The number of amides is 3. The van der Waals surface area contributed by atoms with Crippen LogP contribution in [0, 0.1) is 6.92 Å². The second-order valence-electron chi connectivity index (χ2n) is 5.47. The lowest BCUT2D eigenvalue weighted by Gasteiger charge is -2.15. The number of imide groups is 1. The molecular weight excluding hydrogens is 318 g/mol. The Hall–Kier alpha value is -1.92. The van der Waals surface area contributed by atoms with Crippen molar-refractivity contribution in [2.24, 2.45) is 5.73 Å². The largest absolute Gasteiger partial charge is 0.354 e. The monoisotopic (exact) mass is 339 g/mol. The minimum absolute atomic E-state index is 0. The first-order valence-corrected chi connectivity index (χ1v) is 7.42. The van der Waals surface area contributed by atoms with Gasteiger partial charge in [0.2, 0.25) is 17.7 Å². The Morgan fingerprint density at radius 3 is 2.35 bits per heavy atom. The summed E-state index contributed by atoms with van der Waals surface area (Å²) >= 11 is 0. The Balaban J connectivity index is 0.00000264. The molecule has 3 amide bonds. The third kappa shape index (κ3) is 5.04. The predicted octanol–water partition coefficient (Wildman–Crippen LogP) is 1.07. The summed E-state index contributed by atoms with van der Waals surface area (Å²) in [5, 5.41) is 2.74. The van der Waals surface area contributed by atoms with Crippen molar-refractivity contribution in [1.29, 1.82) is 0 Å². The third-order valence-electron chi connectivity index (χ3n) is 3.73. The van der Waals surface area contributed by atoms with Gasteiger partial charge in [-0.1, -0.05) is 29.8 Å². The van der Waals surface area contributed by atoms with E-state index in [0.717, 1.165) is 11.1 Å². The number of hydrogen-bond acceptors (Lipinski definition) is 4. The molecule has 1 aromatic carbocycles. The van der Waals surface area contributed by atoms with E-state index < -0.39 is 6.04 Å². The van der Waals surface area contributed by atoms with Crippen LogP contribution >= 0.6 is 12.4 Å². The summed E-state index contributed by atoms with van der Waals surface area (Å²) in [6.45, 7) is 2.70. The van der Waals surface area contributed by atoms with Crippen LogP contribution in [0.15, 0.2) is 24.3 Å². The van der Waals surface area contributed by atoms with Gasteiger partial charge in [-0.15, -0.1) is 12.4 Å². The first kappa shape index (κ1) is 19.1. The van der Waals surface area contributed by atoms with Crippen molar-refractivity contribution in [1.82, 2.24) is 10.2 Å². The summed E-state index contributed by atoms with van der Waals surface area (Å²) in [4.78, 5) is 36.1. The van der Waals surface area contributed by atoms with Crippen LogP contribution in [0.1, 0.15) is 36.4 Å². The number of nitrogens with two attached hydrogens (primary N) is 1. The number of nitrogens with zero attached hydrogens (tertiary/aromatic N) is 1. The van der Waals surface area contributed by atoms with Crippen molar-refractivity contribution >= 4 is 30.1 Å². The fraction of sp³-hybridized carbons (Fsp3) is 0.438. The van der Waals surface area contributed by atoms with E-state index in [-0.39, 0.29) is 30.1 Å². The maximum atomic E-state index is 12.0. The average Bonchev–Trinajstić information content (AvgIpc) is 2.82. The maximum absolute atomic E-state index is 12.0. The van der Waals surface area contributed by atoms with E-state index in [0.29, 0.717) is 32.4 Å². The molecule has 1 aliphatic heterocycles. The zero-order chi connectivity index (χ0) is 16.1. The molecule has 1 unspecified atom stereocenters. The molecule has 0 aliphatic carbocycles. The quantitative estimate of drug-likeness (QED) is 0.599. The number of rotatable bonds is 6. The summed E-state index contributed by atoms with van der Waals surface area (Å²) in [5.74, 6) is -0.525. The molecule has 1 atom stereocenters. The molecule has 0 aromatic heterocycles. The van der Waals surface area contributed by atoms with Gasteiger partial charge >= 0.3 is 0 Å². The zero-order valence-corrected chi connectivity index (χ0v) is 13.9. The molecule has 0 radical (unpaired) electrons. The summed E-state index contributed by atoms with van der Waals surface area (Å²) in [5.41, 5.74) is 7.77. The Kier molecular flexibility index (Phi) is 7.19. The number of halogens is 1. The minimum atomic E-state index is -0.712. The standard InChI is InChI=1S/C16H21N3O3.ClH/c1-11-3-5-12(6-4-11)15(17)16(22)18-9-2-10-19-13(20)7-8-14(19)21;/h3-6,15H,2,7-10,17H2,1H3,(H,18,22);1H. The normalized spacial score (nSPS) is 15.3. The molecule has 2 rings (SSSR count). The van der Waals surface area contributed by atoms with Gasteiger partial charge in [0.1, 0.15) is 6.04 Å². The molecule has 0 bridgehead atoms. The molecule has 0 spiro atoms. The predicted molar refractivity (Wildman–Crippen MR) is 88.9 cm³/mol. The molecule has 3 N–H and O–H groups in total. The van der Waals surface area contributed by atoms with Gasteiger partial charge in [0, 0.05) is 25.9 Å². The Morgan fingerprint density at radius 2 is 1.78 bits per heavy atom. The molecule has 7 heteroatoms. The van der Waals surface area contributed by atoms with Gasteiger partial charge < -0.3 is 11.1 Å². The van der Waals surface area contributed by atoms with Gasteiger partial charge in [0.25, 0.3) is 0 Å². The Labute approximate surface area is 141 Å². The molecule has 23 heavy (non-hydrogen) atoms. The molecule has 6 nitrogen and oxygen atoms in total. The van der Waals surface area contributed by atoms with Crippen molar-refractivity contribution in [3.05, 3.63) is 35.4 Å². The van der Waals surface area contributed by atoms with Crippen LogP contribution in [0.2, 0.25) is 0 Å². The van der Waals surface area contributed by atoms with Crippen molar-refractivity contribution in [2.75, 3.05) is 13.1 Å². The van der Waals surface area contributed by atoms with Gasteiger partial charge in [-0.3, -0.25) is 19.3 Å². The van der Waals surface area contributed by atoms with Crippen LogP contribution < -0.4 is 11.1 Å². The molecule has 1 heterocycles. The average molecular weight is 340 g/mol. The van der Waals surface area contributed by atoms with Crippen LogP contribution in [0.4, 0.5) is 0 Å². The van der Waals surface area contributed by atoms with Gasteiger partial charge in [0.05, 0.1) is 0 Å². The highest BCUT2D eigenvalue weighted by Gasteiger charge is 2.28. The second kappa shape index (κ2) is 8.64. The van der Waals surface area contributed by atoms with Crippen molar-refractivity contribution in [3.8, 4) is 0 Å². The highest BCUT2D eigenvalue weighted by Crippen LogP contribution is 2.12. The number of aryl methyl sites for hydroxylation is 1. The first-order chi connectivity index (χ1) is 10.5. The smallest absolute Gasteiger partial charge is 0.241 e. The molecule has 1 fully saturated rings. The van der Waals surface area contributed by atoms with Gasteiger partial charge in [-0.25, -0.2) is 0 Å². The number of carbonyl (C=O) groups is 3. The number of carbonyl (C=O) groups excluding carboxylic acids is 3. The third-order valence-corrected chi connectivity index (χ3v) is 3.73. The van der Waals surface area contributed by atoms with Crippen LogP contribution in [0.5, 0.6) is 0 Å². The highest BCUT2D eigenvalue weighted by molar-refractivity contribution is 6.01. The fourth-order valence-corrected chi connectivity index (χ4v) is 2.36. The Bertz CT molecular complexity index is 558. The second-order valence-corrected chi connectivity index (χ2v) is 5.47. The van der Waals surface area contributed by atoms with E-state index in [1.165, 1.54) is 4.90 Å². The van der Waals surface area contributed by atoms with E-state index in [1.54, 1.807) is 0 Å². The van der Waals surface area contributed by atoms with E-state index in [1.807, 2.05) is 31.2 Å². The summed E-state index contributed by atoms with van der Waals surface area (Å²) in [7, 11) is 0. The molecule has 1 aliphatic rings. The van der Waals surface area contributed by atoms with Gasteiger partial charge in [0.15, 0.2) is 0 Å². The van der Waals surface area contributed by atoms with E-state index in [2.05, 4.69) is 5.32 Å². The molecule has 126 valence electrons. The topological polar surface area (TPSA) is 92.5 Å². The van der Waals surface area contributed by atoms with Crippen molar-refractivity contribution < 1.29 is 14.4 Å². The number of likely N-dealkylation sites (tertiary alicyclic amines) is 1. The van der Waals surface area contributed by atoms with Gasteiger partial charge in [-0.2, -0.15) is 0 Å². The van der Waals surface area contributed by atoms with Crippen LogP contribution in [0.25, 0.3) is 0 Å². The van der Waals surface area contributed by atoms with Crippen molar-refractivity contribution in [3.63, 3.8) is 0 Å². The zero-order valence-electron chi connectivity index (χ0n) is 13.1. The van der Waals surface area contributed by atoms with E-state index in [4.69, 9.17) is 5.73 Å². The SMILES string of the molecule is Cc1ccc(C(N)C(=O)NCCCN2C(=O)CCC2=O)cc1.Cl.